The molecule has 0 atom stereocenters. The first kappa shape index (κ1) is 15.8. The minimum absolute atomic E-state index is 0.944. The van der Waals surface area contributed by atoms with Crippen LogP contribution in [0.2, 0.25) is 25.7 Å². The largest absolute Gasteiger partial charge is 0.0952 e. The second kappa shape index (κ2) is 6.90. The van der Waals surface area contributed by atoms with Gasteiger partial charge >= 0.3 is 0 Å². The molecule has 0 aromatic heterocycles. The van der Waals surface area contributed by atoms with E-state index in [9.17, 15) is 0 Å². The Bertz CT molecular complexity index is 639. The molecule has 0 aliphatic rings. The van der Waals surface area contributed by atoms with Crippen LogP contribution in [0, 0.1) is 0 Å². The second-order valence-corrected chi connectivity index (χ2v) is 12.4. The van der Waals surface area contributed by atoms with Gasteiger partial charge in [0.25, 0.3) is 0 Å². The van der Waals surface area contributed by atoms with Gasteiger partial charge in [0.1, 0.15) is 0 Å². The monoisotopic (exact) mass is 294 g/mol. The van der Waals surface area contributed by atoms with Crippen molar-refractivity contribution in [3.8, 4) is 0 Å². The Morgan fingerprint density at radius 2 is 1.71 bits per heavy atom. The van der Waals surface area contributed by atoms with Crippen molar-refractivity contribution < 1.29 is 0 Å². The first-order valence-electron chi connectivity index (χ1n) is 7.78. The van der Waals surface area contributed by atoms with Crippen molar-refractivity contribution in [3.63, 3.8) is 0 Å². The number of rotatable bonds is 6. The number of hydrogen-bond acceptors (Lipinski definition) is 0. The molecule has 2 aromatic carbocycles. The van der Waals surface area contributed by atoms with Gasteiger partial charge < -0.3 is 0 Å². The third-order valence-corrected chi connectivity index (χ3v) is 5.14. The molecule has 0 fully saturated rings. The van der Waals surface area contributed by atoms with E-state index in [1.165, 1.54) is 28.0 Å². The van der Waals surface area contributed by atoms with Gasteiger partial charge in [-0.25, -0.2) is 0 Å². The van der Waals surface area contributed by atoms with E-state index in [1.807, 2.05) is 0 Å². The summed E-state index contributed by atoms with van der Waals surface area (Å²) in [5.74, 6) is 0. The molecular formula is C20H26Si. The Balaban J connectivity index is 2.00. The lowest BCUT2D eigenvalue weighted by Gasteiger charge is -2.12. The van der Waals surface area contributed by atoms with E-state index >= 15 is 0 Å². The molecule has 110 valence electrons. The zero-order valence-corrected chi connectivity index (χ0v) is 14.5. The first-order chi connectivity index (χ1) is 9.97. The third kappa shape index (κ3) is 4.71. The minimum atomic E-state index is -0.944. The van der Waals surface area contributed by atoms with Crippen LogP contribution in [0.15, 0.2) is 61.2 Å². The van der Waals surface area contributed by atoms with E-state index in [2.05, 4.69) is 80.8 Å². The van der Waals surface area contributed by atoms with Crippen molar-refractivity contribution in [2.45, 2.75) is 38.5 Å². The number of allylic oxidation sites excluding steroid dienone is 3. The smallest absolute Gasteiger partial charge is 0.0480 e. The predicted molar refractivity (Wildman–Crippen MR) is 99.5 cm³/mol. The third-order valence-electron chi connectivity index (χ3n) is 3.68. The minimum Gasteiger partial charge on any atom is -0.0952 e. The summed E-state index contributed by atoms with van der Waals surface area (Å²) >= 11 is 0. The standard InChI is InChI=1S/C20H26Si/c1-17(11-6-5-9-16-21(2,3)4)19-15-10-13-18-12-7-8-14-20(18)19/h5,7-10,12-15H,1,6,11,16H2,2-4H3/b9-5+. The molecular weight excluding hydrogens is 268 g/mol. The van der Waals surface area contributed by atoms with Gasteiger partial charge in [0.2, 0.25) is 0 Å². The van der Waals surface area contributed by atoms with Crippen LogP contribution >= 0.6 is 0 Å². The number of hydrogen-bond donors (Lipinski definition) is 0. The fourth-order valence-electron chi connectivity index (χ4n) is 2.48. The summed E-state index contributed by atoms with van der Waals surface area (Å²) in [6, 6.07) is 16.3. The van der Waals surface area contributed by atoms with Crippen LogP contribution < -0.4 is 0 Å². The van der Waals surface area contributed by atoms with Gasteiger partial charge in [-0.2, -0.15) is 0 Å². The topological polar surface area (TPSA) is 0 Å². The molecule has 0 nitrogen and oxygen atoms in total. The van der Waals surface area contributed by atoms with E-state index in [0.717, 1.165) is 12.8 Å². The van der Waals surface area contributed by atoms with Gasteiger partial charge in [0.15, 0.2) is 0 Å². The maximum atomic E-state index is 4.30. The van der Waals surface area contributed by atoms with Crippen LogP contribution in [0.25, 0.3) is 16.3 Å². The van der Waals surface area contributed by atoms with Crippen LogP contribution in [0.5, 0.6) is 0 Å². The molecule has 0 heterocycles. The Hall–Kier alpha value is -1.60. The van der Waals surface area contributed by atoms with Crippen LogP contribution in [0.1, 0.15) is 18.4 Å². The highest BCUT2D eigenvalue weighted by atomic mass is 28.3. The summed E-state index contributed by atoms with van der Waals surface area (Å²) in [5.41, 5.74) is 2.54. The fraction of sp³-hybridized carbons (Fsp3) is 0.300. The molecule has 0 N–H and O–H groups in total. The lowest BCUT2D eigenvalue weighted by Crippen LogP contribution is -2.17. The molecule has 0 saturated carbocycles. The van der Waals surface area contributed by atoms with E-state index in [4.69, 9.17) is 0 Å². The molecule has 2 aromatic rings. The lowest BCUT2D eigenvalue weighted by atomic mass is 9.96. The van der Waals surface area contributed by atoms with Crippen LogP contribution in [-0.2, 0) is 0 Å². The van der Waals surface area contributed by atoms with Crippen molar-refractivity contribution in [1.82, 2.24) is 0 Å². The Morgan fingerprint density at radius 1 is 1.00 bits per heavy atom. The van der Waals surface area contributed by atoms with Gasteiger partial charge in [-0.1, -0.05) is 80.8 Å². The van der Waals surface area contributed by atoms with Crippen molar-refractivity contribution in [2.24, 2.45) is 0 Å². The Labute approximate surface area is 130 Å². The van der Waals surface area contributed by atoms with E-state index in [1.54, 1.807) is 0 Å². The summed E-state index contributed by atoms with van der Waals surface area (Å²) in [5, 5.41) is 2.61. The molecule has 0 unspecified atom stereocenters. The molecule has 0 radical (unpaired) electrons. The van der Waals surface area contributed by atoms with Gasteiger partial charge in [0, 0.05) is 8.07 Å². The quantitative estimate of drug-likeness (QED) is 0.420. The van der Waals surface area contributed by atoms with Crippen molar-refractivity contribution in [2.75, 3.05) is 0 Å². The molecule has 0 bridgehead atoms. The summed E-state index contributed by atoms with van der Waals surface area (Å²) in [6.07, 6.45) is 6.82. The van der Waals surface area contributed by atoms with E-state index < -0.39 is 8.07 Å². The molecule has 21 heavy (non-hydrogen) atoms. The van der Waals surface area contributed by atoms with Crippen LogP contribution in [0.3, 0.4) is 0 Å². The molecule has 0 spiro atoms. The van der Waals surface area contributed by atoms with Crippen molar-refractivity contribution in [1.29, 1.82) is 0 Å². The highest BCUT2D eigenvalue weighted by Crippen LogP contribution is 2.26. The van der Waals surface area contributed by atoms with Gasteiger partial charge in [-0.3, -0.25) is 0 Å². The Morgan fingerprint density at radius 3 is 2.48 bits per heavy atom. The number of fused-ring (bicyclic) bond motifs is 1. The van der Waals surface area contributed by atoms with Crippen LogP contribution in [-0.4, -0.2) is 8.07 Å². The second-order valence-electron chi connectivity index (χ2n) is 6.91. The molecule has 0 aliphatic carbocycles. The van der Waals surface area contributed by atoms with E-state index in [-0.39, 0.29) is 0 Å². The average Bonchev–Trinajstić information content (AvgIpc) is 2.45. The summed E-state index contributed by atoms with van der Waals surface area (Å²) in [6.45, 7) is 11.5. The van der Waals surface area contributed by atoms with Crippen molar-refractivity contribution in [3.05, 3.63) is 66.8 Å². The zero-order chi connectivity index (χ0) is 15.3. The lowest BCUT2D eigenvalue weighted by molar-refractivity contribution is 1.07. The van der Waals surface area contributed by atoms with Gasteiger partial charge in [0.05, 0.1) is 0 Å². The maximum Gasteiger partial charge on any atom is 0.0480 e. The molecule has 1 heteroatoms. The maximum absolute atomic E-state index is 4.30. The molecule has 0 amide bonds. The van der Waals surface area contributed by atoms with E-state index in [0.29, 0.717) is 0 Å². The summed E-state index contributed by atoms with van der Waals surface area (Å²) < 4.78 is 0. The zero-order valence-electron chi connectivity index (χ0n) is 13.5. The Kier molecular flexibility index (Phi) is 5.19. The SMILES string of the molecule is C=C(CC/C=C/C[Si](C)(C)C)c1cccc2ccccc12. The summed E-state index contributed by atoms with van der Waals surface area (Å²) in [4.78, 5) is 0. The fourth-order valence-corrected chi connectivity index (χ4v) is 3.35. The highest BCUT2D eigenvalue weighted by molar-refractivity contribution is 6.76. The molecule has 0 aliphatic heterocycles. The van der Waals surface area contributed by atoms with Gasteiger partial charge in [-0.05, 0) is 40.8 Å². The molecule has 0 saturated heterocycles. The van der Waals surface area contributed by atoms with Gasteiger partial charge in [-0.15, -0.1) is 0 Å². The molecule has 2 rings (SSSR count). The predicted octanol–water partition coefficient (Wildman–Crippen LogP) is 6.53. The normalized spacial score (nSPS) is 12.1. The van der Waals surface area contributed by atoms with Crippen LogP contribution in [0.4, 0.5) is 0 Å². The first-order valence-corrected chi connectivity index (χ1v) is 11.5. The number of benzene rings is 2. The highest BCUT2D eigenvalue weighted by Gasteiger charge is 2.09. The summed E-state index contributed by atoms with van der Waals surface area (Å²) in [7, 11) is -0.944. The van der Waals surface area contributed by atoms with Crippen molar-refractivity contribution >= 4 is 24.4 Å². The average molecular weight is 295 g/mol.